The van der Waals surface area contributed by atoms with E-state index in [2.05, 4.69) is 0 Å². The number of carbonyl (C=O) groups excluding carboxylic acids is 2. The molecule has 0 aromatic carbocycles. The molecular formula is C9H17N2O3. The number of esters is 1. The Hall–Kier alpha value is -1.10. The molecule has 5 nitrogen and oxygen atoms in total. The van der Waals surface area contributed by atoms with E-state index in [9.17, 15) is 9.59 Å². The number of ether oxygens (including phenoxy) is 1. The summed E-state index contributed by atoms with van der Waals surface area (Å²) in [6, 6.07) is -0.816. The molecule has 5 heteroatoms. The Balaban J connectivity index is 3.94. The summed E-state index contributed by atoms with van der Waals surface area (Å²) in [5.74, 6) is -1.25. The van der Waals surface area contributed by atoms with Crippen molar-refractivity contribution < 1.29 is 14.3 Å². The van der Waals surface area contributed by atoms with E-state index in [4.69, 9.17) is 16.2 Å². The monoisotopic (exact) mass is 201 g/mol. The van der Waals surface area contributed by atoms with Crippen LogP contribution in [0.15, 0.2) is 0 Å². The number of nitrogens with two attached hydrogens (primary N) is 1. The van der Waals surface area contributed by atoms with E-state index in [1.165, 1.54) is 0 Å². The van der Waals surface area contributed by atoms with Crippen molar-refractivity contribution in [1.82, 2.24) is 5.73 Å². The molecule has 0 aliphatic carbocycles. The van der Waals surface area contributed by atoms with Gasteiger partial charge in [-0.1, -0.05) is 0 Å². The Labute approximate surface area is 83.8 Å². The van der Waals surface area contributed by atoms with Crippen LogP contribution in [0.3, 0.4) is 0 Å². The smallest absolute Gasteiger partial charge is 0.323 e. The molecule has 0 fully saturated rings. The third-order valence-corrected chi connectivity index (χ3v) is 1.39. The molecule has 1 atom stereocenters. The fraction of sp³-hybridized carbons (Fsp3) is 0.778. The molecule has 1 unspecified atom stereocenters. The van der Waals surface area contributed by atoms with Crippen LogP contribution in [-0.2, 0) is 14.3 Å². The second-order valence-corrected chi connectivity index (χ2v) is 4.10. The predicted octanol–water partition coefficient (Wildman–Crippen LogP) is 0.245. The normalized spacial score (nSPS) is 13.4. The molecule has 3 N–H and O–H groups in total. The van der Waals surface area contributed by atoms with Gasteiger partial charge in [-0.3, -0.25) is 15.3 Å². The second-order valence-electron chi connectivity index (χ2n) is 4.10. The maximum atomic E-state index is 11.3. The van der Waals surface area contributed by atoms with E-state index >= 15 is 0 Å². The molecule has 0 spiro atoms. The number of carbonyl (C=O) groups is 2. The van der Waals surface area contributed by atoms with Crippen molar-refractivity contribution in [2.75, 3.05) is 0 Å². The number of nitrogens with one attached hydrogen (secondary N) is 1. The topological polar surface area (TPSA) is 93.2 Å². The molecule has 1 amide bonds. The third-order valence-electron chi connectivity index (χ3n) is 1.39. The van der Waals surface area contributed by atoms with E-state index in [1.54, 1.807) is 20.8 Å². The lowest BCUT2D eigenvalue weighted by Crippen LogP contribution is -2.37. The Bertz CT molecular complexity index is 221. The van der Waals surface area contributed by atoms with Gasteiger partial charge in [0.15, 0.2) is 0 Å². The number of amides is 1. The lowest BCUT2D eigenvalue weighted by Gasteiger charge is -2.21. The molecule has 0 saturated heterocycles. The van der Waals surface area contributed by atoms with Crippen molar-refractivity contribution >= 4 is 11.9 Å². The largest absolute Gasteiger partial charge is 0.459 e. The maximum Gasteiger partial charge on any atom is 0.323 e. The van der Waals surface area contributed by atoms with Gasteiger partial charge in [0.2, 0.25) is 5.91 Å². The first-order valence-electron chi connectivity index (χ1n) is 4.45. The van der Waals surface area contributed by atoms with Crippen LogP contribution in [0.25, 0.3) is 0 Å². The molecular weight excluding hydrogens is 184 g/mol. The van der Waals surface area contributed by atoms with Crippen molar-refractivity contribution in [1.29, 1.82) is 0 Å². The highest BCUT2D eigenvalue weighted by molar-refractivity contribution is 5.78. The Morgan fingerprint density at radius 1 is 1.43 bits per heavy atom. The first-order chi connectivity index (χ1) is 6.22. The van der Waals surface area contributed by atoms with Crippen LogP contribution in [0.2, 0.25) is 0 Å². The van der Waals surface area contributed by atoms with Crippen molar-refractivity contribution in [2.45, 2.75) is 45.3 Å². The van der Waals surface area contributed by atoms with E-state index in [0.717, 1.165) is 0 Å². The lowest BCUT2D eigenvalue weighted by atomic mass is 10.1. The maximum absolute atomic E-state index is 11.3. The summed E-state index contributed by atoms with van der Waals surface area (Å²) in [6.07, 6.45) is 0.150. The fourth-order valence-electron chi connectivity index (χ4n) is 0.782. The molecule has 14 heavy (non-hydrogen) atoms. The Morgan fingerprint density at radius 3 is 2.29 bits per heavy atom. The van der Waals surface area contributed by atoms with Crippen LogP contribution >= 0.6 is 0 Å². The molecule has 0 aliphatic heterocycles. The van der Waals surface area contributed by atoms with Gasteiger partial charge in [-0.2, -0.15) is 0 Å². The minimum atomic E-state index is -0.816. The van der Waals surface area contributed by atoms with Crippen molar-refractivity contribution in [3.05, 3.63) is 0 Å². The molecule has 0 bridgehead atoms. The van der Waals surface area contributed by atoms with Crippen LogP contribution in [0.5, 0.6) is 0 Å². The SMILES string of the molecule is CC(C)(C)OC(=O)C(N)CCC([NH])=O. The van der Waals surface area contributed by atoms with E-state index in [1.807, 2.05) is 0 Å². The van der Waals surface area contributed by atoms with Crippen LogP contribution < -0.4 is 11.5 Å². The summed E-state index contributed by atoms with van der Waals surface area (Å²) in [5, 5.41) is 0. The zero-order chi connectivity index (χ0) is 11.4. The summed E-state index contributed by atoms with van der Waals surface area (Å²) in [7, 11) is 0. The number of rotatable bonds is 4. The second kappa shape index (κ2) is 4.95. The molecule has 0 heterocycles. The summed E-state index contributed by atoms with van der Waals surface area (Å²) in [6.45, 7) is 5.23. The van der Waals surface area contributed by atoms with E-state index in [-0.39, 0.29) is 12.8 Å². The third kappa shape index (κ3) is 6.42. The zero-order valence-electron chi connectivity index (χ0n) is 8.79. The van der Waals surface area contributed by atoms with Crippen LogP contribution in [-0.4, -0.2) is 23.5 Å². The predicted molar refractivity (Wildman–Crippen MR) is 51.2 cm³/mol. The van der Waals surface area contributed by atoms with Gasteiger partial charge in [-0.05, 0) is 27.2 Å². The minimum absolute atomic E-state index is 0.0135. The Morgan fingerprint density at radius 2 is 1.93 bits per heavy atom. The average molecular weight is 201 g/mol. The van der Waals surface area contributed by atoms with Crippen molar-refractivity contribution in [3.8, 4) is 0 Å². The van der Waals surface area contributed by atoms with Gasteiger partial charge in [0.25, 0.3) is 0 Å². The fourth-order valence-corrected chi connectivity index (χ4v) is 0.782. The van der Waals surface area contributed by atoms with Crippen LogP contribution in [0.1, 0.15) is 33.6 Å². The summed E-state index contributed by atoms with van der Waals surface area (Å²) in [5.41, 5.74) is 11.5. The molecule has 0 aromatic heterocycles. The van der Waals surface area contributed by atoms with Gasteiger partial charge in [-0.15, -0.1) is 0 Å². The van der Waals surface area contributed by atoms with Crippen molar-refractivity contribution in [2.24, 2.45) is 5.73 Å². The molecule has 1 radical (unpaired) electrons. The first kappa shape index (κ1) is 12.9. The standard InChI is InChI=1S/C9H17N2O3/c1-9(2,3)14-8(13)6(10)4-5-7(11)12/h6,11H,4-5,10H2,1-3H3. The average Bonchev–Trinajstić information content (AvgIpc) is 1.96. The number of hydrogen-bond acceptors (Lipinski definition) is 4. The molecule has 0 aliphatic rings. The van der Waals surface area contributed by atoms with Gasteiger partial charge in [0.1, 0.15) is 11.6 Å². The van der Waals surface area contributed by atoms with Crippen LogP contribution in [0, 0.1) is 0 Å². The van der Waals surface area contributed by atoms with Gasteiger partial charge in [0, 0.05) is 6.42 Å². The van der Waals surface area contributed by atoms with Gasteiger partial charge in [0.05, 0.1) is 0 Å². The van der Waals surface area contributed by atoms with Gasteiger partial charge in [-0.25, -0.2) is 0 Å². The lowest BCUT2D eigenvalue weighted by molar-refractivity contribution is -0.156. The van der Waals surface area contributed by atoms with Crippen molar-refractivity contribution in [3.63, 3.8) is 0 Å². The van der Waals surface area contributed by atoms with Gasteiger partial charge < -0.3 is 10.5 Å². The van der Waals surface area contributed by atoms with E-state index in [0.29, 0.717) is 0 Å². The Kier molecular flexibility index (Phi) is 4.56. The summed E-state index contributed by atoms with van der Waals surface area (Å²) in [4.78, 5) is 21.6. The van der Waals surface area contributed by atoms with E-state index < -0.39 is 23.5 Å². The van der Waals surface area contributed by atoms with Gasteiger partial charge >= 0.3 is 5.97 Å². The summed E-state index contributed by atoms with van der Waals surface area (Å²) >= 11 is 0. The first-order valence-corrected chi connectivity index (χ1v) is 4.45. The zero-order valence-corrected chi connectivity index (χ0v) is 8.79. The molecule has 0 aromatic rings. The highest BCUT2D eigenvalue weighted by Gasteiger charge is 2.22. The molecule has 0 saturated carbocycles. The molecule has 81 valence electrons. The summed E-state index contributed by atoms with van der Waals surface area (Å²) < 4.78 is 5.00. The highest BCUT2D eigenvalue weighted by atomic mass is 16.6. The quantitative estimate of drug-likeness (QED) is 0.659. The highest BCUT2D eigenvalue weighted by Crippen LogP contribution is 2.09. The molecule has 0 rings (SSSR count). The minimum Gasteiger partial charge on any atom is -0.459 e. The van der Waals surface area contributed by atoms with Crippen LogP contribution in [0.4, 0.5) is 0 Å². The number of hydrogen-bond donors (Lipinski definition) is 1.